The van der Waals surface area contributed by atoms with Gasteiger partial charge in [-0.15, -0.1) is 0 Å². The average molecular weight is 309 g/mol. The summed E-state index contributed by atoms with van der Waals surface area (Å²) in [6.45, 7) is 8.10. The van der Waals surface area contributed by atoms with Crippen molar-refractivity contribution in [2.24, 2.45) is 0 Å². The van der Waals surface area contributed by atoms with Crippen LogP contribution >= 0.6 is 0 Å². The number of benzene rings is 1. The monoisotopic (exact) mass is 308 g/mol. The predicted octanol–water partition coefficient (Wildman–Crippen LogP) is 6.54. The normalized spacial score (nSPS) is 13.0. The summed E-state index contributed by atoms with van der Waals surface area (Å²) in [6, 6.07) is 13.0. The van der Waals surface area contributed by atoms with Gasteiger partial charge < -0.3 is 4.43 Å². The number of hydrogen-bond donors (Lipinski definition) is 0. The molecule has 0 fully saturated rings. The minimum absolute atomic E-state index is 0.207. The SMILES string of the molecule is CCC[Si](CCC)(CCC)O/C(=C(\C)F)c1ccccc1. The van der Waals surface area contributed by atoms with Gasteiger partial charge in [-0.2, -0.15) is 0 Å². The Hall–Kier alpha value is -1.09. The molecule has 1 nitrogen and oxygen atoms in total. The summed E-state index contributed by atoms with van der Waals surface area (Å²) >= 11 is 0. The lowest BCUT2D eigenvalue weighted by Crippen LogP contribution is -2.37. The van der Waals surface area contributed by atoms with E-state index >= 15 is 0 Å². The van der Waals surface area contributed by atoms with Crippen molar-refractivity contribution in [3.05, 3.63) is 41.7 Å². The molecule has 1 rings (SSSR count). The molecule has 0 aliphatic rings. The molecule has 3 heteroatoms. The summed E-state index contributed by atoms with van der Waals surface area (Å²) in [6.07, 6.45) is 3.33. The summed E-state index contributed by atoms with van der Waals surface area (Å²) in [5.41, 5.74) is 0.859. The van der Waals surface area contributed by atoms with E-state index in [1.807, 2.05) is 30.3 Å². The Balaban J connectivity index is 3.11. The zero-order chi connectivity index (χ0) is 15.7. The van der Waals surface area contributed by atoms with Gasteiger partial charge in [0.1, 0.15) is 11.6 Å². The van der Waals surface area contributed by atoms with E-state index in [0.717, 1.165) is 43.0 Å². The first-order valence-electron chi connectivity index (χ1n) is 8.19. The highest BCUT2D eigenvalue weighted by Gasteiger charge is 2.35. The molecule has 0 spiro atoms. The Labute approximate surface area is 130 Å². The van der Waals surface area contributed by atoms with Gasteiger partial charge in [-0.25, -0.2) is 4.39 Å². The van der Waals surface area contributed by atoms with Gasteiger partial charge in [-0.1, -0.05) is 70.4 Å². The summed E-state index contributed by atoms with van der Waals surface area (Å²) in [5.74, 6) is 0.263. The maximum Gasteiger partial charge on any atom is 0.251 e. The fraction of sp³-hybridized carbons (Fsp3) is 0.556. The predicted molar refractivity (Wildman–Crippen MR) is 92.3 cm³/mol. The van der Waals surface area contributed by atoms with Gasteiger partial charge >= 0.3 is 0 Å². The van der Waals surface area contributed by atoms with Gasteiger partial charge in [0.15, 0.2) is 0 Å². The first-order valence-corrected chi connectivity index (χ1v) is 10.7. The lowest BCUT2D eigenvalue weighted by atomic mass is 10.2. The van der Waals surface area contributed by atoms with Crippen LogP contribution in [0.25, 0.3) is 5.76 Å². The van der Waals surface area contributed by atoms with Crippen LogP contribution in [0, 0.1) is 0 Å². The zero-order valence-electron chi connectivity index (χ0n) is 13.9. The molecule has 0 amide bonds. The third-order valence-corrected chi connectivity index (χ3v) is 8.66. The maximum atomic E-state index is 14.1. The van der Waals surface area contributed by atoms with Crippen molar-refractivity contribution in [3.8, 4) is 0 Å². The minimum atomic E-state index is -1.90. The topological polar surface area (TPSA) is 9.23 Å². The van der Waals surface area contributed by atoms with E-state index in [4.69, 9.17) is 4.43 Å². The van der Waals surface area contributed by atoms with Crippen LogP contribution in [0.4, 0.5) is 4.39 Å². The lowest BCUT2D eigenvalue weighted by Gasteiger charge is -2.33. The van der Waals surface area contributed by atoms with Crippen LogP contribution in [0.15, 0.2) is 36.2 Å². The van der Waals surface area contributed by atoms with Crippen LogP contribution in [0.3, 0.4) is 0 Å². The molecule has 0 saturated heterocycles. The second-order valence-corrected chi connectivity index (χ2v) is 9.83. The van der Waals surface area contributed by atoms with E-state index in [0.29, 0.717) is 5.76 Å². The Morgan fingerprint density at radius 2 is 1.43 bits per heavy atom. The molecule has 0 unspecified atom stereocenters. The van der Waals surface area contributed by atoms with Gasteiger partial charge in [0.25, 0.3) is 8.32 Å². The molecule has 1 aromatic carbocycles. The molecule has 0 saturated carbocycles. The minimum Gasteiger partial charge on any atom is -0.541 e. The van der Waals surface area contributed by atoms with Crippen molar-refractivity contribution >= 4 is 14.1 Å². The average Bonchev–Trinajstić information content (AvgIpc) is 2.46. The highest BCUT2D eigenvalue weighted by atomic mass is 28.4. The van der Waals surface area contributed by atoms with E-state index in [9.17, 15) is 4.39 Å². The lowest BCUT2D eigenvalue weighted by molar-refractivity contribution is 0.457. The molecule has 0 heterocycles. The van der Waals surface area contributed by atoms with Crippen LogP contribution < -0.4 is 0 Å². The van der Waals surface area contributed by atoms with Crippen LogP contribution in [0.2, 0.25) is 18.1 Å². The molecule has 0 N–H and O–H groups in total. The van der Waals surface area contributed by atoms with Crippen molar-refractivity contribution in [1.29, 1.82) is 0 Å². The van der Waals surface area contributed by atoms with Crippen LogP contribution in [-0.2, 0) is 4.43 Å². The van der Waals surface area contributed by atoms with Crippen molar-refractivity contribution in [2.75, 3.05) is 0 Å². The smallest absolute Gasteiger partial charge is 0.251 e. The Morgan fingerprint density at radius 1 is 0.952 bits per heavy atom. The first kappa shape index (κ1) is 18.0. The summed E-state index contributed by atoms with van der Waals surface area (Å²) < 4.78 is 20.5. The second-order valence-electron chi connectivity index (χ2n) is 5.76. The molecule has 0 atom stereocenters. The van der Waals surface area contributed by atoms with Crippen molar-refractivity contribution < 1.29 is 8.82 Å². The van der Waals surface area contributed by atoms with Gasteiger partial charge in [0.2, 0.25) is 0 Å². The summed E-state index contributed by atoms with van der Waals surface area (Å²) in [5, 5.41) is 0. The fourth-order valence-electron chi connectivity index (χ4n) is 3.03. The van der Waals surface area contributed by atoms with E-state index in [1.54, 1.807) is 0 Å². The van der Waals surface area contributed by atoms with Gasteiger partial charge in [-0.05, 0) is 25.1 Å². The molecule has 0 radical (unpaired) electrons. The largest absolute Gasteiger partial charge is 0.541 e. The Bertz CT molecular complexity index is 421. The number of allylic oxidation sites excluding steroid dienone is 1. The third-order valence-electron chi connectivity index (χ3n) is 3.78. The molecule has 0 aliphatic carbocycles. The molecule has 0 aliphatic heterocycles. The van der Waals surface area contributed by atoms with Crippen molar-refractivity contribution in [2.45, 2.75) is 65.1 Å². The van der Waals surface area contributed by atoms with Gasteiger partial charge in [-0.3, -0.25) is 0 Å². The molecule has 21 heavy (non-hydrogen) atoms. The summed E-state index contributed by atoms with van der Waals surface area (Å²) in [7, 11) is -1.90. The maximum absolute atomic E-state index is 14.1. The van der Waals surface area contributed by atoms with E-state index < -0.39 is 8.32 Å². The van der Waals surface area contributed by atoms with Crippen molar-refractivity contribution in [1.82, 2.24) is 0 Å². The molecular weight excluding hydrogens is 279 g/mol. The Kier molecular flexibility index (Phi) is 7.72. The zero-order valence-corrected chi connectivity index (χ0v) is 14.9. The molecule has 0 bridgehead atoms. The highest BCUT2D eigenvalue weighted by Crippen LogP contribution is 2.34. The quantitative estimate of drug-likeness (QED) is 0.372. The Morgan fingerprint density at radius 3 is 1.81 bits per heavy atom. The van der Waals surface area contributed by atoms with Gasteiger partial charge in [0.05, 0.1) is 0 Å². The van der Waals surface area contributed by atoms with E-state index in [-0.39, 0.29) is 5.83 Å². The molecule has 118 valence electrons. The van der Waals surface area contributed by atoms with E-state index in [2.05, 4.69) is 20.8 Å². The standard InChI is InChI=1S/C18H29FOSi/c1-5-13-21(14-6-2,15-7-3)20-18(16(4)19)17-11-9-8-10-12-17/h8-12H,5-7,13-15H2,1-4H3/b18-16+. The van der Waals surface area contributed by atoms with Crippen LogP contribution in [-0.4, -0.2) is 8.32 Å². The van der Waals surface area contributed by atoms with Crippen molar-refractivity contribution in [3.63, 3.8) is 0 Å². The van der Waals surface area contributed by atoms with Crippen LogP contribution in [0.1, 0.15) is 52.5 Å². The van der Waals surface area contributed by atoms with E-state index in [1.165, 1.54) is 6.92 Å². The number of hydrogen-bond acceptors (Lipinski definition) is 1. The fourth-order valence-corrected chi connectivity index (χ4v) is 7.51. The number of halogens is 1. The highest BCUT2D eigenvalue weighted by molar-refractivity contribution is 6.74. The third kappa shape index (κ3) is 5.31. The summed E-state index contributed by atoms with van der Waals surface area (Å²) in [4.78, 5) is 0. The molecular formula is C18H29FOSi. The van der Waals surface area contributed by atoms with Gasteiger partial charge in [0, 0.05) is 5.56 Å². The molecule has 1 aromatic rings. The van der Waals surface area contributed by atoms with Crippen LogP contribution in [0.5, 0.6) is 0 Å². The first-order chi connectivity index (χ1) is 10.1. The number of rotatable bonds is 9. The molecule has 0 aromatic heterocycles. The second kappa shape index (κ2) is 9.03.